The van der Waals surface area contributed by atoms with Crippen LogP contribution in [0.25, 0.3) is 0 Å². The summed E-state index contributed by atoms with van der Waals surface area (Å²) in [5.41, 5.74) is 1.60. The molecular weight excluding hydrogens is 351 g/mol. The molecule has 0 unspecified atom stereocenters. The van der Waals surface area contributed by atoms with E-state index in [1.165, 1.54) is 0 Å². The van der Waals surface area contributed by atoms with Gasteiger partial charge in [-0.3, -0.25) is 0 Å². The van der Waals surface area contributed by atoms with Gasteiger partial charge in [0, 0.05) is 22.2 Å². The summed E-state index contributed by atoms with van der Waals surface area (Å²) in [5, 5.41) is 1.21. The van der Waals surface area contributed by atoms with Crippen LogP contribution in [-0.4, -0.2) is 11.9 Å². The molecule has 0 spiro atoms. The van der Waals surface area contributed by atoms with Gasteiger partial charge in [-0.25, -0.2) is 9.59 Å². The first-order valence-corrected chi connectivity index (χ1v) is 7.79. The third-order valence-electron chi connectivity index (χ3n) is 2.94. The Morgan fingerprint density at radius 2 is 1.04 bits per heavy atom. The van der Waals surface area contributed by atoms with Crippen LogP contribution in [0.5, 0.6) is 0 Å². The molecule has 0 atom stereocenters. The van der Waals surface area contributed by atoms with E-state index in [-0.39, 0.29) is 13.2 Å². The standard InChI is InChI=1S/C18H14Cl2O4/c19-15-5-1-13(2-6-15)11-23-17(21)9-10-18(22)24-12-14-3-7-16(20)8-4-14/h1-10H,11-12H2. The van der Waals surface area contributed by atoms with Gasteiger partial charge in [-0.1, -0.05) is 47.5 Å². The van der Waals surface area contributed by atoms with Crippen LogP contribution in [0.1, 0.15) is 11.1 Å². The predicted octanol–water partition coefficient (Wildman–Crippen LogP) is 4.34. The highest BCUT2D eigenvalue weighted by molar-refractivity contribution is 6.30. The Kier molecular flexibility index (Phi) is 6.85. The SMILES string of the molecule is O=C(C=CC(=O)OCc1ccc(Cl)cc1)OCc1ccc(Cl)cc1. The van der Waals surface area contributed by atoms with E-state index in [4.69, 9.17) is 32.7 Å². The van der Waals surface area contributed by atoms with Crippen LogP contribution in [-0.2, 0) is 32.3 Å². The summed E-state index contributed by atoms with van der Waals surface area (Å²) >= 11 is 11.5. The highest BCUT2D eigenvalue weighted by Gasteiger charge is 2.03. The predicted molar refractivity (Wildman–Crippen MR) is 91.6 cm³/mol. The van der Waals surface area contributed by atoms with Crippen molar-refractivity contribution in [3.05, 3.63) is 81.9 Å². The molecule has 2 aromatic rings. The van der Waals surface area contributed by atoms with Gasteiger partial charge in [0.05, 0.1) is 0 Å². The normalized spacial score (nSPS) is 10.6. The molecule has 2 aromatic carbocycles. The largest absolute Gasteiger partial charge is 0.458 e. The van der Waals surface area contributed by atoms with Crippen molar-refractivity contribution in [1.29, 1.82) is 0 Å². The van der Waals surface area contributed by atoms with Gasteiger partial charge in [0.25, 0.3) is 0 Å². The van der Waals surface area contributed by atoms with E-state index in [0.717, 1.165) is 23.3 Å². The van der Waals surface area contributed by atoms with Crippen LogP contribution in [0.2, 0.25) is 10.0 Å². The summed E-state index contributed by atoms with van der Waals surface area (Å²) in [6.45, 7) is 0.195. The molecule has 2 rings (SSSR count). The molecule has 24 heavy (non-hydrogen) atoms. The van der Waals surface area contributed by atoms with E-state index in [1.54, 1.807) is 48.5 Å². The average molecular weight is 365 g/mol. The first kappa shape index (κ1) is 18.0. The van der Waals surface area contributed by atoms with Gasteiger partial charge in [0.2, 0.25) is 0 Å². The van der Waals surface area contributed by atoms with Gasteiger partial charge in [-0.2, -0.15) is 0 Å². The minimum absolute atomic E-state index is 0.0974. The number of hydrogen-bond donors (Lipinski definition) is 0. The maximum Gasteiger partial charge on any atom is 0.331 e. The fraction of sp³-hybridized carbons (Fsp3) is 0.111. The highest BCUT2D eigenvalue weighted by Crippen LogP contribution is 2.11. The molecule has 0 saturated carbocycles. The Bertz CT molecular complexity index is 658. The number of carbonyl (C=O) groups excluding carboxylic acids is 2. The van der Waals surface area contributed by atoms with Crippen molar-refractivity contribution >= 4 is 35.1 Å². The molecule has 124 valence electrons. The second kappa shape index (κ2) is 9.11. The topological polar surface area (TPSA) is 52.6 Å². The third kappa shape index (κ3) is 6.44. The number of esters is 2. The number of carbonyl (C=O) groups is 2. The maximum atomic E-state index is 11.5. The van der Waals surface area contributed by atoms with Crippen LogP contribution in [0.4, 0.5) is 0 Å². The van der Waals surface area contributed by atoms with Gasteiger partial charge in [0.1, 0.15) is 13.2 Å². The van der Waals surface area contributed by atoms with Gasteiger partial charge < -0.3 is 9.47 Å². The van der Waals surface area contributed by atoms with Crippen LogP contribution in [0.15, 0.2) is 60.7 Å². The molecular formula is C18H14Cl2O4. The molecule has 0 bridgehead atoms. The van der Waals surface area contributed by atoms with Crippen molar-refractivity contribution in [2.24, 2.45) is 0 Å². The molecule has 4 nitrogen and oxygen atoms in total. The Morgan fingerprint density at radius 3 is 1.38 bits per heavy atom. The third-order valence-corrected chi connectivity index (χ3v) is 3.45. The molecule has 0 aromatic heterocycles. The molecule has 0 N–H and O–H groups in total. The molecule has 0 fully saturated rings. The fourth-order valence-corrected chi connectivity index (χ4v) is 1.95. The van der Waals surface area contributed by atoms with E-state index < -0.39 is 11.9 Å². The number of ether oxygens (including phenoxy) is 2. The molecule has 0 saturated heterocycles. The minimum Gasteiger partial charge on any atom is -0.458 e. The van der Waals surface area contributed by atoms with Crippen molar-refractivity contribution < 1.29 is 19.1 Å². The van der Waals surface area contributed by atoms with Gasteiger partial charge in [-0.05, 0) is 35.4 Å². The minimum atomic E-state index is -0.631. The van der Waals surface area contributed by atoms with Crippen molar-refractivity contribution in [1.82, 2.24) is 0 Å². The molecule has 0 radical (unpaired) electrons. The lowest BCUT2D eigenvalue weighted by Gasteiger charge is -2.03. The zero-order valence-electron chi connectivity index (χ0n) is 12.6. The Labute approximate surface area is 149 Å². The van der Waals surface area contributed by atoms with Crippen molar-refractivity contribution in [2.75, 3.05) is 0 Å². The Balaban J connectivity index is 1.73. The van der Waals surface area contributed by atoms with Gasteiger partial charge in [0.15, 0.2) is 0 Å². The quantitative estimate of drug-likeness (QED) is 0.565. The van der Waals surface area contributed by atoms with E-state index in [0.29, 0.717) is 10.0 Å². The second-order valence-corrected chi connectivity index (χ2v) is 5.67. The highest BCUT2D eigenvalue weighted by atomic mass is 35.5. The van der Waals surface area contributed by atoms with Crippen LogP contribution >= 0.6 is 23.2 Å². The molecule has 0 aliphatic rings. The summed E-state index contributed by atoms with van der Waals surface area (Å²) in [4.78, 5) is 23.1. The molecule has 0 heterocycles. The summed E-state index contributed by atoms with van der Waals surface area (Å²) in [5.74, 6) is -1.26. The smallest absolute Gasteiger partial charge is 0.331 e. The van der Waals surface area contributed by atoms with Crippen LogP contribution < -0.4 is 0 Å². The average Bonchev–Trinajstić information content (AvgIpc) is 2.59. The summed E-state index contributed by atoms with van der Waals surface area (Å²) in [7, 11) is 0. The maximum absolute atomic E-state index is 11.5. The lowest BCUT2D eigenvalue weighted by atomic mass is 10.2. The number of hydrogen-bond acceptors (Lipinski definition) is 4. The van der Waals surface area contributed by atoms with E-state index in [1.807, 2.05) is 0 Å². The van der Waals surface area contributed by atoms with Crippen molar-refractivity contribution in [2.45, 2.75) is 13.2 Å². The van der Waals surface area contributed by atoms with Crippen molar-refractivity contribution in [3.8, 4) is 0 Å². The lowest BCUT2D eigenvalue weighted by Crippen LogP contribution is -2.04. The summed E-state index contributed by atoms with van der Waals surface area (Å²) < 4.78 is 10.0. The second-order valence-electron chi connectivity index (χ2n) is 4.80. The monoisotopic (exact) mass is 364 g/mol. The van der Waals surface area contributed by atoms with Gasteiger partial charge >= 0.3 is 11.9 Å². The number of halogens is 2. The zero-order valence-corrected chi connectivity index (χ0v) is 14.1. The number of benzene rings is 2. The van der Waals surface area contributed by atoms with Crippen molar-refractivity contribution in [3.63, 3.8) is 0 Å². The van der Waals surface area contributed by atoms with Crippen LogP contribution in [0, 0.1) is 0 Å². The lowest BCUT2D eigenvalue weighted by molar-refractivity contribution is -0.141. The molecule has 0 aliphatic heterocycles. The first-order valence-electron chi connectivity index (χ1n) is 7.03. The summed E-state index contributed by atoms with van der Waals surface area (Å²) in [6.07, 6.45) is 2.06. The Hall–Kier alpha value is -2.30. The van der Waals surface area contributed by atoms with E-state index in [2.05, 4.69) is 0 Å². The number of rotatable bonds is 6. The zero-order chi connectivity index (χ0) is 17.4. The molecule has 6 heteroatoms. The molecule has 0 amide bonds. The fourth-order valence-electron chi connectivity index (χ4n) is 1.70. The van der Waals surface area contributed by atoms with E-state index in [9.17, 15) is 9.59 Å². The Morgan fingerprint density at radius 1 is 0.708 bits per heavy atom. The van der Waals surface area contributed by atoms with E-state index >= 15 is 0 Å². The molecule has 0 aliphatic carbocycles. The van der Waals surface area contributed by atoms with Crippen LogP contribution in [0.3, 0.4) is 0 Å². The van der Waals surface area contributed by atoms with Gasteiger partial charge in [-0.15, -0.1) is 0 Å². The summed E-state index contributed by atoms with van der Waals surface area (Å²) in [6, 6.07) is 13.8. The first-order chi connectivity index (χ1) is 11.5.